The number of β-lactam (4-membered cyclic amide) rings is 1. The number of aliphatic carboxylic acids is 2. The third-order valence-electron chi connectivity index (χ3n) is 5.46. The van der Waals surface area contributed by atoms with Crippen LogP contribution in [0.25, 0.3) is 0 Å². The Morgan fingerprint density at radius 3 is 2.70 bits per heavy atom. The van der Waals surface area contributed by atoms with E-state index in [0.29, 0.717) is 0 Å². The number of thiazole rings is 1. The number of nitrogen functional groups attached to an aromatic ring is 1. The summed E-state index contributed by atoms with van der Waals surface area (Å²) in [6.45, 7) is 2.39. The van der Waals surface area contributed by atoms with Crippen LogP contribution in [0.3, 0.4) is 0 Å². The number of fused-ring (bicyclic) bond motifs is 1. The normalized spacial score (nSPS) is 21.0. The number of hydrogen-bond donors (Lipinski definition) is 5. The highest BCUT2D eigenvalue weighted by Crippen LogP contribution is 2.38. The maximum Gasteiger partial charge on any atom is 0.352 e. The van der Waals surface area contributed by atoms with Gasteiger partial charge in [-0.3, -0.25) is 14.5 Å². The summed E-state index contributed by atoms with van der Waals surface area (Å²) in [5, 5.41) is 42.1. The highest BCUT2D eigenvalue weighted by atomic mass is 32.2. The van der Waals surface area contributed by atoms with Crippen molar-refractivity contribution >= 4 is 68.9 Å². The molecule has 2 aliphatic rings. The van der Waals surface area contributed by atoms with Gasteiger partial charge in [0.05, 0.1) is 0 Å². The molecule has 20 heteroatoms. The molecule has 0 saturated carbocycles. The first kappa shape index (κ1) is 29.0. The van der Waals surface area contributed by atoms with Crippen LogP contribution in [0.15, 0.2) is 33.2 Å². The molecule has 3 atom stereocenters. The molecule has 2 unspecified atom stereocenters. The molecule has 0 aromatic carbocycles. The lowest BCUT2D eigenvalue weighted by molar-refractivity contribution is -0.161. The number of carboxylic acid groups (broad SMARTS) is 2. The molecule has 2 aliphatic heterocycles. The number of nitrogens with zero attached hydrogens (tertiary/aromatic N) is 6. The number of carbonyl (C=O) groups is 4. The monoisotopic (exact) mass is 612 g/mol. The van der Waals surface area contributed by atoms with E-state index in [-0.39, 0.29) is 33.1 Å². The van der Waals surface area contributed by atoms with Crippen molar-refractivity contribution in [2.45, 2.75) is 36.0 Å². The predicted molar refractivity (Wildman–Crippen MR) is 138 cm³/mol. The Hall–Kier alpha value is -4.01. The van der Waals surface area contributed by atoms with Crippen molar-refractivity contribution in [1.29, 1.82) is 0 Å². The topological polar surface area (TPSA) is 266 Å². The van der Waals surface area contributed by atoms with E-state index in [4.69, 9.17) is 10.6 Å². The van der Waals surface area contributed by atoms with E-state index < -0.39 is 69.2 Å². The van der Waals surface area contributed by atoms with Gasteiger partial charge in [-0.05, 0) is 25.0 Å². The lowest BCUT2D eigenvalue weighted by atomic mass is 10.0. The molecule has 2 aromatic rings. The van der Waals surface area contributed by atoms with Gasteiger partial charge in [0.2, 0.25) is 22.0 Å². The minimum atomic E-state index is -1.84. The molecule has 40 heavy (non-hydrogen) atoms. The fourth-order valence-corrected chi connectivity index (χ4v) is 6.63. The van der Waals surface area contributed by atoms with E-state index in [0.717, 1.165) is 34.2 Å². The van der Waals surface area contributed by atoms with Crippen molar-refractivity contribution in [2.75, 3.05) is 17.2 Å². The minimum absolute atomic E-state index is 0.0352. The van der Waals surface area contributed by atoms with Crippen LogP contribution >= 0.6 is 23.1 Å². The highest BCUT2D eigenvalue weighted by Gasteiger charge is 2.61. The van der Waals surface area contributed by atoms with Gasteiger partial charge in [-0.1, -0.05) is 16.9 Å². The van der Waals surface area contributed by atoms with Gasteiger partial charge in [-0.25, -0.2) is 14.6 Å². The number of nitrogens with one attached hydrogen (secondary N) is 1. The zero-order valence-corrected chi connectivity index (χ0v) is 22.9. The number of amides is 2. The molecule has 0 bridgehead atoms. The zero-order valence-electron chi connectivity index (χ0n) is 20.5. The number of carboxylic acids is 2. The second kappa shape index (κ2) is 11.2. The molecule has 4 rings (SSSR count). The molecule has 6 N–H and O–H groups in total. The van der Waals surface area contributed by atoms with E-state index in [9.17, 15) is 39.1 Å². The second-order valence-electron chi connectivity index (χ2n) is 8.64. The summed E-state index contributed by atoms with van der Waals surface area (Å²) in [7, 11) is 0. The van der Waals surface area contributed by atoms with Crippen molar-refractivity contribution < 1.29 is 43.9 Å². The summed E-state index contributed by atoms with van der Waals surface area (Å²) in [5.41, 5.74) is 3.01. The van der Waals surface area contributed by atoms with E-state index in [1.165, 1.54) is 19.2 Å². The van der Waals surface area contributed by atoms with Gasteiger partial charge in [-0.15, -0.1) is 16.4 Å². The summed E-state index contributed by atoms with van der Waals surface area (Å²) in [5.74, 6) is -5.37. The predicted octanol–water partition coefficient (Wildman–Crippen LogP) is -1.25. The van der Waals surface area contributed by atoms with Gasteiger partial charge in [-0.2, -0.15) is 10.1 Å². The number of nitrogens with two attached hydrogens (primary N) is 1. The van der Waals surface area contributed by atoms with E-state index in [1.807, 2.05) is 0 Å². The first-order chi connectivity index (χ1) is 18.8. The third-order valence-corrected chi connectivity index (χ3v) is 8.71. The number of oxime groups is 1. The Morgan fingerprint density at radius 2 is 2.10 bits per heavy atom. The molecule has 1 saturated heterocycles. The van der Waals surface area contributed by atoms with Gasteiger partial charge >= 0.3 is 11.9 Å². The number of thioether (sulfide) groups is 1. The maximum absolute atomic E-state index is 13.1. The molecule has 0 aliphatic carbocycles. The summed E-state index contributed by atoms with van der Waals surface area (Å²) in [6, 6.07) is -1.39. The molecule has 2 aromatic heterocycles. The average Bonchev–Trinajstić information content (AvgIpc) is 3.31. The lowest BCUT2D eigenvalue weighted by Gasteiger charge is -2.49. The van der Waals surface area contributed by atoms with Gasteiger partial charge in [0.25, 0.3) is 11.8 Å². The third kappa shape index (κ3) is 5.78. The van der Waals surface area contributed by atoms with Crippen LogP contribution in [-0.4, -0.2) is 103 Å². The summed E-state index contributed by atoms with van der Waals surface area (Å²) in [6.07, 6.45) is 1.01. The fraction of sp³-hybridized carbons (Fsp3) is 0.350. The molecule has 17 nitrogen and oxygen atoms in total. The molecule has 0 spiro atoms. The summed E-state index contributed by atoms with van der Waals surface area (Å²) in [4.78, 5) is 63.2. The number of rotatable bonds is 10. The van der Waals surface area contributed by atoms with Crippen LogP contribution in [0.2, 0.25) is 0 Å². The van der Waals surface area contributed by atoms with Crippen molar-refractivity contribution in [3.8, 4) is 5.88 Å². The average molecular weight is 613 g/mol. The van der Waals surface area contributed by atoms with Gasteiger partial charge in [0.1, 0.15) is 23.3 Å². The summed E-state index contributed by atoms with van der Waals surface area (Å²) >= 11 is 0.0517. The Kier molecular flexibility index (Phi) is 8.14. The molecule has 212 valence electrons. The Labute approximate surface area is 235 Å². The van der Waals surface area contributed by atoms with Crippen LogP contribution in [0, 0.1) is 0 Å². The van der Waals surface area contributed by atoms with Crippen LogP contribution in [-0.2, 0) is 35.2 Å². The van der Waals surface area contributed by atoms with Gasteiger partial charge in [0.15, 0.2) is 16.9 Å². The number of anilines is 1. The molecular formula is C20H20N8O9S3. The Bertz CT molecular complexity index is 1450. The number of carbonyl (C=O) groups excluding carboxylic acids is 2. The number of aromatic hydroxyl groups is 1. The minimum Gasteiger partial charge on any atom is -0.614 e. The van der Waals surface area contributed by atoms with Crippen molar-refractivity contribution in [1.82, 2.24) is 30.4 Å². The molecule has 1 fully saturated rings. The lowest BCUT2D eigenvalue weighted by Crippen LogP contribution is -2.75. The van der Waals surface area contributed by atoms with Crippen LogP contribution in [0.4, 0.5) is 5.13 Å². The molecule has 2 amide bonds. The highest BCUT2D eigenvalue weighted by molar-refractivity contribution is 7.99. The standard InChI is InChI=1S/C20H20N8O9S3/c1-20(2,17(34)35)37-27-10(8-5-38-18(21)23-8)13(30)25-11-14(31)28-12(16(32)33)7(6-40(36)15(11)28)4-39-19-24-9(29)3-22-26-19/h3,5,11,15H,4,6H2,1-2H3,(H2,21,23)(H,25,30)(H,32,33)(H,34,35)(H,24,26,29)/t11?,15-,40?/m0/s1. The van der Waals surface area contributed by atoms with Crippen molar-refractivity contribution in [3.05, 3.63) is 28.5 Å². The molecular weight excluding hydrogens is 592 g/mol. The van der Waals surface area contributed by atoms with E-state index in [1.54, 1.807) is 0 Å². The smallest absolute Gasteiger partial charge is 0.352 e. The summed E-state index contributed by atoms with van der Waals surface area (Å²) < 4.78 is 13.1. The van der Waals surface area contributed by atoms with Gasteiger partial charge in [0, 0.05) is 16.7 Å². The first-order valence-electron chi connectivity index (χ1n) is 11.0. The second-order valence-corrected chi connectivity index (χ2v) is 12.0. The number of aromatic nitrogens is 4. The molecule has 4 heterocycles. The zero-order chi connectivity index (χ0) is 29.4. The number of hydrogen-bond acceptors (Lipinski definition) is 15. The Morgan fingerprint density at radius 1 is 1.38 bits per heavy atom. The quantitative estimate of drug-likeness (QED) is 0.0689. The van der Waals surface area contributed by atoms with Crippen molar-refractivity contribution in [3.63, 3.8) is 0 Å². The Balaban J connectivity index is 1.56. The van der Waals surface area contributed by atoms with Crippen molar-refractivity contribution in [2.24, 2.45) is 5.16 Å². The van der Waals surface area contributed by atoms with E-state index >= 15 is 0 Å². The molecule has 0 radical (unpaired) electrons. The van der Waals surface area contributed by atoms with E-state index in [2.05, 4.69) is 30.6 Å². The first-order valence-corrected chi connectivity index (χ1v) is 14.2. The van der Waals surface area contributed by atoms with Crippen LogP contribution in [0.1, 0.15) is 19.5 Å². The SMILES string of the molecule is CC(C)(ON=C(C(=O)NC1C(=O)N2C(C(=O)O)=C(CSc3nncc(O)n3)C[S+]([O-])[C@@H]12)c1csc(N)n1)C(=O)O. The van der Waals surface area contributed by atoms with Crippen LogP contribution < -0.4 is 11.1 Å². The fourth-order valence-electron chi connectivity index (χ4n) is 3.47. The van der Waals surface area contributed by atoms with Gasteiger partial charge < -0.3 is 35.8 Å². The van der Waals surface area contributed by atoms with Crippen LogP contribution in [0.5, 0.6) is 5.88 Å². The largest absolute Gasteiger partial charge is 0.614 e. The maximum atomic E-state index is 13.1.